The summed E-state index contributed by atoms with van der Waals surface area (Å²) in [7, 11) is -3.63. The van der Waals surface area contributed by atoms with Crippen molar-refractivity contribution in [2.24, 2.45) is 0 Å². The molecule has 5 nitrogen and oxygen atoms in total. The molecule has 13 heavy (non-hydrogen) atoms. The Balaban J connectivity index is 2.40. The van der Waals surface area contributed by atoms with Crippen molar-refractivity contribution in [3.63, 3.8) is 0 Å². The van der Waals surface area contributed by atoms with Gasteiger partial charge in [0.2, 0.25) is 0 Å². The highest BCUT2D eigenvalue weighted by Gasteiger charge is 2.31. The molecule has 0 spiro atoms. The quantitative estimate of drug-likeness (QED) is 0.588. The largest absolute Gasteiger partial charge is 0.403 e. The van der Waals surface area contributed by atoms with Crippen molar-refractivity contribution in [2.45, 2.75) is 32.4 Å². The summed E-state index contributed by atoms with van der Waals surface area (Å²) in [5.41, 5.74) is -0.603. The van der Waals surface area contributed by atoms with Crippen molar-refractivity contribution >= 4 is 7.75 Å². The predicted octanol–water partition coefficient (Wildman–Crippen LogP) is 0.463. The second kappa shape index (κ2) is 3.67. The molecule has 1 saturated heterocycles. The molecule has 1 heterocycles. The van der Waals surface area contributed by atoms with Crippen molar-refractivity contribution in [1.82, 2.24) is 10.4 Å². The van der Waals surface area contributed by atoms with Crippen LogP contribution < -0.4 is 10.4 Å². The molecular weight excluding hydrogens is 191 g/mol. The van der Waals surface area contributed by atoms with Crippen molar-refractivity contribution in [2.75, 3.05) is 13.1 Å². The molecule has 0 bridgehead atoms. The fourth-order valence-electron chi connectivity index (χ4n) is 1.01. The highest BCUT2D eigenvalue weighted by Crippen LogP contribution is 2.42. The minimum absolute atomic E-state index is 0.0539. The molecule has 0 aromatic heterocycles. The van der Waals surface area contributed by atoms with Crippen LogP contribution in [-0.2, 0) is 9.09 Å². The molecule has 1 rings (SSSR count). The minimum atomic E-state index is -3.63. The molecule has 0 aromatic carbocycles. The van der Waals surface area contributed by atoms with Crippen LogP contribution in [0.3, 0.4) is 0 Å². The Morgan fingerprint density at radius 2 is 2.08 bits per heavy atom. The molecular formula is C7H17N2O3P. The summed E-state index contributed by atoms with van der Waals surface area (Å²) in [6, 6.07) is 0.0539. The van der Waals surface area contributed by atoms with Crippen LogP contribution in [0.25, 0.3) is 0 Å². The number of nitrogens with one attached hydrogen (secondary N) is 2. The smallest absolute Gasteiger partial charge is 0.314 e. The second-order valence-corrected chi connectivity index (χ2v) is 5.69. The van der Waals surface area contributed by atoms with E-state index in [-0.39, 0.29) is 6.04 Å². The van der Waals surface area contributed by atoms with E-state index in [4.69, 9.17) is 4.52 Å². The molecule has 0 aliphatic carbocycles. The first-order chi connectivity index (χ1) is 5.79. The molecule has 78 valence electrons. The van der Waals surface area contributed by atoms with Crippen LogP contribution in [0.5, 0.6) is 0 Å². The summed E-state index contributed by atoms with van der Waals surface area (Å²) in [5.74, 6) is 0. The minimum Gasteiger partial charge on any atom is -0.314 e. The molecule has 1 atom stereocenters. The van der Waals surface area contributed by atoms with Crippen LogP contribution in [-0.4, -0.2) is 29.6 Å². The van der Waals surface area contributed by atoms with Crippen molar-refractivity contribution in [3.8, 4) is 0 Å². The van der Waals surface area contributed by atoms with Crippen LogP contribution in [0, 0.1) is 0 Å². The van der Waals surface area contributed by atoms with Crippen LogP contribution in [0.1, 0.15) is 20.8 Å². The van der Waals surface area contributed by atoms with E-state index >= 15 is 0 Å². The van der Waals surface area contributed by atoms with Gasteiger partial charge in [-0.3, -0.25) is 4.52 Å². The molecule has 6 heteroatoms. The first-order valence-electron chi connectivity index (χ1n) is 4.31. The number of rotatable bonds is 3. The molecule has 0 aromatic rings. The molecule has 1 fully saturated rings. The average Bonchev–Trinajstić information content (AvgIpc) is 1.73. The van der Waals surface area contributed by atoms with Gasteiger partial charge in [0.1, 0.15) is 0 Å². The maximum absolute atomic E-state index is 11.4. The molecule has 1 unspecified atom stereocenters. The van der Waals surface area contributed by atoms with Gasteiger partial charge in [-0.25, -0.2) is 9.65 Å². The summed E-state index contributed by atoms with van der Waals surface area (Å²) < 4.78 is 16.4. The molecule has 1 aliphatic rings. The van der Waals surface area contributed by atoms with Crippen LogP contribution in [0.15, 0.2) is 0 Å². The van der Waals surface area contributed by atoms with Gasteiger partial charge in [0.25, 0.3) is 0 Å². The van der Waals surface area contributed by atoms with Crippen LogP contribution in [0.2, 0.25) is 0 Å². The standard InChI is InChI=1S/C7H17N2O3P/c1-7(2,3)12-13(10,11)9-6-4-8-5-6/h6,8H,4-5H2,1-3H3,(H2,9,10,11). The van der Waals surface area contributed by atoms with Gasteiger partial charge in [-0.1, -0.05) is 0 Å². The zero-order valence-electron chi connectivity index (χ0n) is 8.20. The SMILES string of the molecule is CC(C)(C)OP(=O)(O)NC1CNC1. The molecule has 1 aliphatic heterocycles. The van der Waals surface area contributed by atoms with E-state index in [2.05, 4.69) is 10.4 Å². The molecule has 3 N–H and O–H groups in total. The molecule has 0 amide bonds. The maximum Gasteiger partial charge on any atom is 0.403 e. The third-order valence-electron chi connectivity index (χ3n) is 1.52. The van der Waals surface area contributed by atoms with Gasteiger partial charge in [-0.15, -0.1) is 0 Å². The van der Waals surface area contributed by atoms with Gasteiger partial charge < -0.3 is 10.2 Å². The van der Waals surface area contributed by atoms with E-state index < -0.39 is 13.3 Å². The Morgan fingerprint density at radius 1 is 1.54 bits per heavy atom. The fourth-order valence-corrected chi connectivity index (χ4v) is 2.45. The van der Waals surface area contributed by atoms with Gasteiger partial charge in [0, 0.05) is 19.1 Å². The van der Waals surface area contributed by atoms with Crippen LogP contribution in [0.4, 0.5) is 0 Å². The zero-order valence-corrected chi connectivity index (χ0v) is 9.10. The van der Waals surface area contributed by atoms with E-state index in [1.54, 1.807) is 20.8 Å². The van der Waals surface area contributed by atoms with Crippen molar-refractivity contribution in [1.29, 1.82) is 0 Å². The lowest BCUT2D eigenvalue weighted by atomic mass is 10.2. The lowest BCUT2D eigenvalue weighted by molar-refractivity contribution is 0.103. The van der Waals surface area contributed by atoms with E-state index in [1.165, 1.54) is 0 Å². The topological polar surface area (TPSA) is 70.6 Å². The Labute approximate surface area is 78.4 Å². The van der Waals surface area contributed by atoms with E-state index in [0.717, 1.165) is 13.1 Å². The summed E-state index contributed by atoms with van der Waals surface area (Å²) in [4.78, 5) is 9.38. The number of hydrogen-bond acceptors (Lipinski definition) is 3. The Kier molecular flexibility index (Phi) is 3.15. The zero-order chi connectivity index (χ0) is 10.1. The fraction of sp³-hybridized carbons (Fsp3) is 1.00. The summed E-state index contributed by atoms with van der Waals surface area (Å²) in [6.45, 7) is 6.68. The highest BCUT2D eigenvalue weighted by molar-refractivity contribution is 7.50. The van der Waals surface area contributed by atoms with Gasteiger partial charge in [-0.05, 0) is 20.8 Å². The first-order valence-corrected chi connectivity index (χ1v) is 5.88. The molecule has 0 radical (unpaired) electrons. The van der Waals surface area contributed by atoms with Gasteiger partial charge in [-0.2, -0.15) is 0 Å². The second-order valence-electron chi connectivity index (χ2n) is 4.21. The van der Waals surface area contributed by atoms with Crippen molar-refractivity contribution in [3.05, 3.63) is 0 Å². The summed E-state index contributed by atoms with van der Waals surface area (Å²) in [6.07, 6.45) is 0. The first kappa shape index (κ1) is 11.1. The Bertz CT molecular complexity index is 222. The Morgan fingerprint density at radius 3 is 2.38 bits per heavy atom. The van der Waals surface area contributed by atoms with E-state index in [0.29, 0.717) is 0 Å². The normalized spacial score (nSPS) is 23.7. The predicted molar refractivity (Wildman–Crippen MR) is 50.5 cm³/mol. The molecule has 0 saturated carbocycles. The Hall–Kier alpha value is 0.0700. The third kappa shape index (κ3) is 4.20. The van der Waals surface area contributed by atoms with Crippen LogP contribution >= 0.6 is 7.75 Å². The maximum atomic E-state index is 11.4. The van der Waals surface area contributed by atoms with Gasteiger partial charge in [0.15, 0.2) is 0 Å². The lowest BCUT2D eigenvalue weighted by Gasteiger charge is -2.32. The van der Waals surface area contributed by atoms with Gasteiger partial charge in [0.05, 0.1) is 5.60 Å². The van der Waals surface area contributed by atoms with Gasteiger partial charge >= 0.3 is 7.75 Å². The average molecular weight is 208 g/mol. The van der Waals surface area contributed by atoms with E-state index in [1.807, 2.05) is 0 Å². The highest BCUT2D eigenvalue weighted by atomic mass is 31.2. The van der Waals surface area contributed by atoms with Crippen molar-refractivity contribution < 1.29 is 14.0 Å². The van der Waals surface area contributed by atoms with E-state index in [9.17, 15) is 9.46 Å². The lowest BCUT2D eigenvalue weighted by Crippen LogP contribution is -2.54. The third-order valence-corrected chi connectivity index (χ3v) is 3.01. The monoisotopic (exact) mass is 208 g/mol. The summed E-state index contributed by atoms with van der Waals surface area (Å²) in [5, 5.41) is 5.57. The number of hydrogen-bond donors (Lipinski definition) is 3. The summed E-state index contributed by atoms with van der Waals surface area (Å²) >= 11 is 0.